The molecule has 0 aliphatic carbocycles. The van der Waals surface area contributed by atoms with Crippen molar-refractivity contribution < 1.29 is 17.9 Å². The van der Waals surface area contributed by atoms with E-state index in [0.29, 0.717) is 18.7 Å². The Bertz CT molecular complexity index is 876. The normalized spacial score (nSPS) is 24.0. The number of allylic oxidation sites excluding steroid dienone is 1. The van der Waals surface area contributed by atoms with Gasteiger partial charge < -0.3 is 10.1 Å². The second kappa shape index (κ2) is 10.3. The van der Waals surface area contributed by atoms with Crippen LogP contribution in [0.1, 0.15) is 50.9 Å². The first-order chi connectivity index (χ1) is 14.6. The first-order valence-corrected chi connectivity index (χ1v) is 12.5. The van der Waals surface area contributed by atoms with E-state index >= 15 is 0 Å². The number of piperidine rings is 1. The van der Waals surface area contributed by atoms with Crippen LogP contribution in [0.15, 0.2) is 40.8 Å². The number of nitrogens with one attached hydrogen (secondary N) is 1. The van der Waals surface area contributed by atoms with Gasteiger partial charge >= 0.3 is 0 Å². The van der Waals surface area contributed by atoms with Crippen LogP contribution >= 0.6 is 0 Å². The first kappa shape index (κ1) is 23.9. The Kier molecular flexibility index (Phi) is 7.91. The van der Waals surface area contributed by atoms with E-state index in [2.05, 4.69) is 30.1 Å². The number of benzene rings is 1. The Morgan fingerprint density at radius 1 is 1.10 bits per heavy atom. The number of likely N-dealkylation sites (tertiary alicyclic amines) is 1. The number of sulfonamides is 1. The summed E-state index contributed by atoms with van der Waals surface area (Å²) in [4.78, 5) is 15.2. The van der Waals surface area contributed by atoms with Crippen LogP contribution in [0.4, 0.5) is 0 Å². The highest BCUT2D eigenvalue weighted by Crippen LogP contribution is 2.21. The van der Waals surface area contributed by atoms with Crippen LogP contribution in [-0.4, -0.2) is 74.5 Å². The van der Waals surface area contributed by atoms with Crippen molar-refractivity contribution in [3.05, 3.63) is 41.5 Å². The number of hydrogen-bond donors (Lipinski definition) is 1. The van der Waals surface area contributed by atoms with Gasteiger partial charge in [-0.15, -0.1) is 0 Å². The van der Waals surface area contributed by atoms with E-state index in [1.807, 2.05) is 13.8 Å². The summed E-state index contributed by atoms with van der Waals surface area (Å²) in [5.74, 6) is -0.152. The molecule has 172 valence electrons. The lowest BCUT2D eigenvalue weighted by Crippen LogP contribution is -2.48. The fraction of sp³-hybridized carbons (Fsp3) is 0.609. The number of amides is 1. The summed E-state index contributed by atoms with van der Waals surface area (Å²) < 4.78 is 33.0. The summed E-state index contributed by atoms with van der Waals surface area (Å²) >= 11 is 0. The highest BCUT2D eigenvalue weighted by Gasteiger charge is 2.32. The predicted molar refractivity (Wildman–Crippen MR) is 122 cm³/mol. The highest BCUT2D eigenvalue weighted by atomic mass is 32.2. The van der Waals surface area contributed by atoms with Crippen molar-refractivity contribution in [1.29, 1.82) is 0 Å². The number of carbonyl (C=O) groups is 1. The fourth-order valence-electron chi connectivity index (χ4n) is 4.09. The van der Waals surface area contributed by atoms with Crippen molar-refractivity contribution in [3.63, 3.8) is 0 Å². The summed E-state index contributed by atoms with van der Waals surface area (Å²) in [6.07, 6.45) is 3.78. The average molecular weight is 450 g/mol. The summed E-state index contributed by atoms with van der Waals surface area (Å²) in [7, 11) is -3.60. The van der Waals surface area contributed by atoms with Crippen molar-refractivity contribution in [3.8, 4) is 0 Å². The third kappa shape index (κ3) is 6.38. The maximum absolute atomic E-state index is 13.0. The lowest BCUT2D eigenvalue weighted by Gasteiger charge is -2.34. The molecule has 1 aromatic carbocycles. The van der Waals surface area contributed by atoms with Crippen LogP contribution in [0.5, 0.6) is 0 Å². The standard InChI is InChI=1S/C23H35N3O4S/c1-17(2)9-12-25-13-10-21(11-14-25)24-23(27)20-5-7-22(8-6-20)31(28,29)26-15-18(3)30-19(4)16-26/h5-9,18-19,21H,10-16H2,1-4H3,(H,24,27). The predicted octanol–water partition coefficient (Wildman–Crippen LogP) is 2.64. The van der Waals surface area contributed by atoms with Gasteiger partial charge in [-0.3, -0.25) is 9.69 Å². The van der Waals surface area contributed by atoms with Crippen LogP contribution in [0.25, 0.3) is 0 Å². The monoisotopic (exact) mass is 449 g/mol. The molecule has 8 heteroatoms. The topological polar surface area (TPSA) is 79.0 Å². The summed E-state index contributed by atoms with van der Waals surface area (Å²) in [6, 6.07) is 6.39. The van der Waals surface area contributed by atoms with E-state index in [4.69, 9.17) is 4.74 Å². The molecule has 3 rings (SSSR count). The zero-order chi connectivity index (χ0) is 22.6. The van der Waals surface area contributed by atoms with E-state index < -0.39 is 10.0 Å². The summed E-state index contributed by atoms with van der Waals surface area (Å²) in [6.45, 7) is 11.5. The number of rotatable bonds is 6. The molecular formula is C23H35N3O4S. The van der Waals surface area contributed by atoms with E-state index in [-0.39, 0.29) is 29.1 Å². The van der Waals surface area contributed by atoms with Gasteiger partial charge in [0.15, 0.2) is 0 Å². The Labute approximate surface area is 186 Å². The van der Waals surface area contributed by atoms with Crippen LogP contribution < -0.4 is 5.32 Å². The molecule has 0 radical (unpaired) electrons. The molecule has 2 fully saturated rings. The molecule has 7 nitrogen and oxygen atoms in total. The molecule has 1 aromatic rings. The zero-order valence-corrected chi connectivity index (χ0v) is 19.8. The number of hydrogen-bond acceptors (Lipinski definition) is 5. The van der Waals surface area contributed by atoms with Gasteiger partial charge in [-0.1, -0.05) is 11.6 Å². The van der Waals surface area contributed by atoms with Crippen molar-refractivity contribution in [2.75, 3.05) is 32.7 Å². The molecule has 2 aliphatic rings. The van der Waals surface area contributed by atoms with Crippen molar-refractivity contribution in [2.24, 2.45) is 0 Å². The molecule has 0 saturated carbocycles. The Morgan fingerprint density at radius 3 is 2.23 bits per heavy atom. The van der Waals surface area contributed by atoms with Crippen LogP contribution in [0.2, 0.25) is 0 Å². The van der Waals surface area contributed by atoms with Gasteiger partial charge in [0.1, 0.15) is 0 Å². The second-order valence-electron chi connectivity index (χ2n) is 8.93. The first-order valence-electron chi connectivity index (χ1n) is 11.1. The Balaban J connectivity index is 1.56. The summed E-state index contributed by atoms with van der Waals surface area (Å²) in [5, 5.41) is 3.10. The number of carbonyl (C=O) groups excluding carboxylic acids is 1. The minimum Gasteiger partial charge on any atom is -0.373 e. The quantitative estimate of drug-likeness (QED) is 0.676. The SMILES string of the molecule is CC(C)=CCN1CCC(NC(=O)c2ccc(S(=O)(=O)N3CC(C)OC(C)C3)cc2)CC1. The third-order valence-corrected chi connectivity index (χ3v) is 7.67. The van der Waals surface area contributed by atoms with Crippen LogP contribution in [0.3, 0.4) is 0 Å². The lowest BCUT2D eigenvalue weighted by atomic mass is 10.0. The van der Waals surface area contributed by atoms with Gasteiger partial charge in [0, 0.05) is 44.3 Å². The molecule has 0 bridgehead atoms. The molecule has 1 N–H and O–H groups in total. The molecule has 2 aliphatic heterocycles. The van der Waals surface area contributed by atoms with E-state index in [1.165, 1.54) is 22.0 Å². The molecule has 2 atom stereocenters. The average Bonchev–Trinajstić information content (AvgIpc) is 2.72. The molecule has 31 heavy (non-hydrogen) atoms. The maximum Gasteiger partial charge on any atom is 0.251 e. The number of morpholine rings is 1. The largest absolute Gasteiger partial charge is 0.373 e. The Morgan fingerprint density at radius 2 is 1.68 bits per heavy atom. The number of nitrogens with zero attached hydrogens (tertiary/aromatic N) is 2. The van der Waals surface area contributed by atoms with Gasteiger partial charge in [-0.2, -0.15) is 4.31 Å². The van der Waals surface area contributed by atoms with Crippen LogP contribution in [-0.2, 0) is 14.8 Å². The smallest absolute Gasteiger partial charge is 0.251 e. The minimum atomic E-state index is -3.60. The molecule has 2 unspecified atom stereocenters. The zero-order valence-electron chi connectivity index (χ0n) is 19.0. The van der Waals surface area contributed by atoms with E-state index in [0.717, 1.165) is 32.5 Å². The molecule has 2 saturated heterocycles. The maximum atomic E-state index is 13.0. The molecule has 1 amide bonds. The molecule has 2 heterocycles. The molecular weight excluding hydrogens is 414 g/mol. The van der Waals surface area contributed by atoms with E-state index in [1.54, 1.807) is 12.1 Å². The van der Waals surface area contributed by atoms with Gasteiger partial charge in [0.2, 0.25) is 10.0 Å². The van der Waals surface area contributed by atoms with Crippen LogP contribution in [0, 0.1) is 0 Å². The van der Waals surface area contributed by atoms with Gasteiger partial charge in [-0.25, -0.2) is 8.42 Å². The van der Waals surface area contributed by atoms with Crippen molar-refractivity contribution in [1.82, 2.24) is 14.5 Å². The minimum absolute atomic E-state index is 0.142. The molecule has 0 aromatic heterocycles. The Hall–Kier alpha value is -1.74. The molecule has 0 spiro atoms. The van der Waals surface area contributed by atoms with Crippen molar-refractivity contribution >= 4 is 15.9 Å². The summed E-state index contributed by atoms with van der Waals surface area (Å²) in [5.41, 5.74) is 1.80. The number of ether oxygens (including phenoxy) is 1. The van der Waals surface area contributed by atoms with Gasteiger partial charge in [0.05, 0.1) is 17.1 Å². The van der Waals surface area contributed by atoms with Crippen molar-refractivity contribution in [2.45, 2.75) is 63.7 Å². The third-order valence-electron chi connectivity index (χ3n) is 5.82. The fourth-order valence-corrected chi connectivity index (χ4v) is 5.69. The van der Waals surface area contributed by atoms with E-state index in [9.17, 15) is 13.2 Å². The van der Waals surface area contributed by atoms with Gasteiger partial charge in [0.25, 0.3) is 5.91 Å². The second-order valence-corrected chi connectivity index (χ2v) is 10.9. The lowest BCUT2D eigenvalue weighted by molar-refractivity contribution is -0.0440. The van der Waals surface area contributed by atoms with Gasteiger partial charge in [-0.05, 0) is 64.8 Å². The highest BCUT2D eigenvalue weighted by molar-refractivity contribution is 7.89.